The van der Waals surface area contributed by atoms with E-state index in [4.69, 9.17) is 14.2 Å². The van der Waals surface area contributed by atoms with Gasteiger partial charge in [0.15, 0.2) is 0 Å². The zero-order chi connectivity index (χ0) is 29.4. The zero-order valence-corrected chi connectivity index (χ0v) is 23.9. The average Bonchev–Trinajstić information content (AvgIpc) is 3.43. The molecule has 0 radical (unpaired) electrons. The quantitative estimate of drug-likeness (QED) is 0.269. The van der Waals surface area contributed by atoms with Gasteiger partial charge in [-0.05, 0) is 77.9 Å². The highest BCUT2D eigenvalue weighted by Gasteiger charge is 2.24. The molecule has 1 aliphatic rings. The fraction of sp³-hybridized carbons (Fsp3) is 0.355. The average molecular weight is 581 g/mol. The monoisotopic (exact) mass is 580 g/mol. The second kappa shape index (κ2) is 14.4. The summed E-state index contributed by atoms with van der Waals surface area (Å²) in [6.45, 7) is 5.71. The first kappa shape index (κ1) is 30.4. The van der Waals surface area contributed by atoms with Crippen LogP contribution in [0.2, 0.25) is 0 Å². The lowest BCUT2D eigenvalue weighted by molar-refractivity contribution is -0.139. The van der Waals surface area contributed by atoms with E-state index < -0.39 is 29.0 Å². The van der Waals surface area contributed by atoms with Crippen LogP contribution in [0.1, 0.15) is 52.1 Å². The number of nitrogens with one attached hydrogen (secondary N) is 1. The number of carboxylic acid groups (broad SMARTS) is 1. The van der Waals surface area contributed by atoms with Gasteiger partial charge in [0, 0.05) is 24.3 Å². The van der Waals surface area contributed by atoms with Crippen LogP contribution in [0.15, 0.2) is 60.7 Å². The van der Waals surface area contributed by atoms with Crippen molar-refractivity contribution in [2.75, 3.05) is 25.6 Å². The van der Waals surface area contributed by atoms with Crippen LogP contribution in [0.3, 0.4) is 0 Å². The zero-order valence-electron chi connectivity index (χ0n) is 23.1. The van der Waals surface area contributed by atoms with Gasteiger partial charge in [-0.2, -0.15) is 0 Å². The fourth-order valence-electron chi connectivity index (χ4n) is 4.75. The number of aliphatic carboxylic acids is 1. The molecule has 0 aromatic heterocycles. The fourth-order valence-corrected chi connectivity index (χ4v) is 5.18. The summed E-state index contributed by atoms with van der Waals surface area (Å²) in [5.74, 6) is -1.38. The smallest absolute Gasteiger partial charge is 0.326 e. The molecule has 3 aromatic rings. The van der Waals surface area contributed by atoms with Crippen molar-refractivity contribution in [1.29, 1.82) is 0 Å². The Morgan fingerprint density at radius 2 is 1.93 bits per heavy atom. The minimum atomic E-state index is -2.42. The Bertz CT molecular complexity index is 1410. The van der Waals surface area contributed by atoms with E-state index in [9.17, 15) is 23.5 Å². The first-order valence-electron chi connectivity index (χ1n) is 13.5. The first-order valence-corrected chi connectivity index (χ1v) is 14.7. The lowest BCUT2D eigenvalue weighted by Crippen LogP contribution is -2.41. The predicted molar refractivity (Wildman–Crippen MR) is 154 cm³/mol. The Labute approximate surface area is 242 Å². The van der Waals surface area contributed by atoms with Gasteiger partial charge in [0.05, 0.1) is 19.8 Å². The molecule has 1 heterocycles. The minimum absolute atomic E-state index is 0.237. The maximum atomic E-state index is 13.3. The van der Waals surface area contributed by atoms with Gasteiger partial charge in [0.25, 0.3) is 5.91 Å². The maximum Gasteiger partial charge on any atom is 0.326 e. The summed E-state index contributed by atoms with van der Waals surface area (Å²) in [5.41, 5.74) is 5.61. The molecule has 0 fully saturated rings. The summed E-state index contributed by atoms with van der Waals surface area (Å²) >= 11 is -2.42. The Morgan fingerprint density at radius 1 is 1.12 bits per heavy atom. The van der Waals surface area contributed by atoms with Gasteiger partial charge in [-0.3, -0.25) is 9.00 Å². The number of amides is 1. The maximum absolute atomic E-state index is 13.3. The molecule has 0 aliphatic carbocycles. The van der Waals surface area contributed by atoms with Crippen LogP contribution in [0.5, 0.6) is 5.75 Å². The molecule has 4 rings (SSSR count). The van der Waals surface area contributed by atoms with Crippen LogP contribution in [0.25, 0.3) is 11.1 Å². The molecule has 0 bridgehead atoms. The Morgan fingerprint density at radius 3 is 2.66 bits per heavy atom. The normalized spacial score (nSPS) is 14.5. The topological polar surface area (TPSA) is 134 Å². The van der Waals surface area contributed by atoms with Crippen molar-refractivity contribution in [3.63, 3.8) is 0 Å². The summed E-state index contributed by atoms with van der Waals surface area (Å²) in [5, 5.41) is 12.0. The van der Waals surface area contributed by atoms with Crippen molar-refractivity contribution in [3.05, 3.63) is 88.5 Å². The van der Waals surface area contributed by atoms with Crippen molar-refractivity contribution in [3.8, 4) is 16.9 Å². The molecule has 1 aliphatic heterocycles. The SMILES string of the molecule is CCOCC(OCc1ccc(C(=O)NC(CCS(=O)[O-])C(=O)O)c(-c2ccccc2C)c1)c1ccc2c(c1)CCO2. The summed E-state index contributed by atoms with van der Waals surface area (Å²) in [7, 11) is 0. The molecule has 3 unspecified atom stereocenters. The third-order valence-electron chi connectivity index (χ3n) is 6.95. The lowest BCUT2D eigenvalue weighted by Gasteiger charge is -2.20. The standard InChI is InChI=1S/C31H35NO8S/c1-3-38-19-29(22-9-11-28-23(17-22)12-14-39-28)40-18-21-8-10-25(26(16-21)24-7-5-4-6-20(24)2)30(33)32-27(31(34)35)13-15-41(36)37/h4-11,16-17,27,29H,3,12-15,18-19H2,1-2H3,(H,32,33)(H,34,35)(H,36,37)/p-1. The molecule has 218 valence electrons. The molecule has 9 nitrogen and oxygen atoms in total. The van der Waals surface area contributed by atoms with E-state index in [1.54, 1.807) is 12.1 Å². The number of benzene rings is 3. The third kappa shape index (κ3) is 8.01. The van der Waals surface area contributed by atoms with Gasteiger partial charge in [-0.1, -0.05) is 47.5 Å². The van der Waals surface area contributed by atoms with Crippen LogP contribution in [-0.2, 0) is 38.4 Å². The molecule has 3 atom stereocenters. The Balaban J connectivity index is 1.60. The van der Waals surface area contributed by atoms with E-state index in [2.05, 4.69) is 11.4 Å². The van der Waals surface area contributed by atoms with Crippen LogP contribution >= 0.6 is 0 Å². The third-order valence-corrected chi connectivity index (χ3v) is 7.52. The Kier molecular flexibility index (Phi) is 10.6. The lowest BCUT2D eigenvalue weighted by atomic mass is 9.93. The molecule has 2 N–H and O–H groups in total. The summed E-state index contributed by atoms with van der Waals surface area (Å²) in [6.07, 6.45) is 0.304. The number of rotatable bonds is 14. The van der Waals surface area contributed by atoms with Crippen molar-refractivity contribution < 1.29 is 37.7 Å². The van der Waals surface area contributed by atoms with E-state index in [1.807, 2.05) is 56.3 Å². The number of carbonyl (C=O) groups is 2. The molecule has 0 saturated heterocycles. The number of ether oxygens (including phenoxy) is 3. The molecule has 3 aromatic carbocycles. The van der Waals surface area contributed by atoms with Crippen LogP contribution in [0.4, 0.5) is 0 Å². The number of aryl methyl sites for hydroxylation is 1. The summed E-state index contributed by atoms with van der Waals surface area (Å²) < 4.78 is 39.6. The van der Waals surface area contributed by atoms with E-state index in [0.717, 1.165) is 40.0 Å². The molecule has 0 spiro atoms. The van der Waals surface area contributed by atoms with Crippen molar-refractivity contribution in [2.45, 2.75) is 45.4 Å². The van der Waals surface area contributed by atoms with E-state index in [-0.39, 0.29) is 30.4 Å². The highest BCUT2D eigenvalue weighted by Crippen LogP contribution is 2.32. The number of carboxylic acids is 1. The highest BCUT2D eigenvalue weighted by molar-refractivity contribution is 7.79. The summed E-state index contributed by atoms with van der Waals surface area (Å²) in [6, 6.07) is 17.6. The molecule has 10 heteroatoms. The number of hydrogen-bond acceptors (Lipinski definition) is 7. The molecule has 41 heavy (non-hydrogen) atoms. The molecule has 0 saturated carbocycles. The predicted octanol–water partition coefficient (Wildman–Crippen LogP) is 4.34. The molecular formula is C31H34NO8S-. The van der Waals surface area contributed by atoms with Gasteiger partial charge in [0.2, 0.25) is 0 Å². The van der Waals surface area contributed by atoms with Gasteiger partial charge in [-0.15, -0.1) is 0 Å². The molecular weight excluding hydrogens is 546 g/mol. The second-order valence-electron chi connectivity index (χ2n) is 9.78. The van der Waals surface area contributed by atoms with E-state index in [1.165, 1.54) is 0 Å². The van der Waals surface area contributed by atoms with Gasteiger partial charge in [0.1, 0.15) is 17.9 Å². The second-order valence-corrected chi connectivity index (χ2v) is 10.8. The Hall–Kier alpha value is -3.57. The van der Waals surface area contributed by atoms with Crippen molar-refractivity contribution in [2.24, 2.45) is 0 Å². The molecule has 1 amide bonds. The van der Waals surface area contributed by atoms with Crippen LogP contribution in [0, 0.1) is 6.92 Å². The first-order chi connectivity index (χ1) is 19.8. The minimum Gasteiger partial charge on any atom is -0.772 e. The van der Waals surface area contributed by atoms with Gasteiger partial charge in [-0.25, -0.2) is 4.79 Å². The number of carbonyl (C=O) groups excluding carboxylic acids is 1. The van der Waals surface area contributed by atoms with Crippen molar-refractivity contribution in [1.82, 2.24) is 5.32 Å². The number of fused-ring (bicyclic) bond motifs is 1. The summed E-state index contributed by atoms with van der Waals surface area (Å²) in [4.78, 5) is 25.0. The number of hydrogen-bond donors (Lipinski definition) is 2. The van der Waals surface area contributed by atoms with Gasteiger partial charge >= 0.3 is 5.97 Å². The van der Waals surface area contributed by atoms with Crippen molar-refractivity contribution >= 4 is 23.0 Å². The van der Waals surface area contributed by atoms with Crippen LogP contribution < -0.4 is 10.1 Å². The largest absolute Gasteiger partial charge is 0.772 e. The van der Waals surface area contributed by atoms with Gasteiger partial charge < -0.3 is 29.2 Å². The highest BCUT2D eigenvalue weighted by atomic mass is 32.2. The van der Waals surface area contributed by atoms with Crippen LogP contribution in [-0.4, -0.2) is 57.4 Å². The van der Waals surface area contributed by atoms with E-state index >= 15 is 0 Å². The van der Waals surface area contributed by atoms with E-state index in [0.29, 0.717) is 25.4 Å².